The minimum Gasteiger partial charge on any atom is -0.333 e. The van der Waals surface area contributed by atoms with E-state index in [1.807, 2.05) is 0 Å². The van der Waals surface area contributed by atoms with Crippen molar-refractivity contribution in [1.82, 2.24) is 0 Å². The highest BCUT2D eigenvalue weighted by Crippen LogP contribution is 2.51. The summed E-state index contributed by atoms with van der Waals surface area (Å²) in [4.78, 5) is 5.03. The highest BCUT2D eigenvalue weighted by atomic mass is 15.2. The highest BCUT2D eigenvalue weighted by molar-refractivity contribution is 6.07. The van der Waals surface area contributed by atoms with Gasteiger partial charge in [0.2, 0.25) is 0 Å². The molecule has 0 fully saturated rings. The third-order valence-electron chi connectivity index (χ3n) is 14.2. The molecule has 0 N–H and O–H groups in total. The monoisotopic (exact) mass is 866 g/mol. The zero-order chi connectivity index (χ0) is 45.0. The van der Waals surface area contributed by atoms with Gasteiger partial charge < -0.3 is 9.80 Å². The molecule has 11 aromatic carbocycles. The molecule has 13 rings (SSSR count). The second-order valence-corrected chi connectivity index (χ2v) is 18.0. The Morgan fingerprint density at radius 3 is 1.74 bits per heavy atom. The number of benzene rings is 11. The van der Waals surface area contributed by atoms with Gasteiger partial charge in [0.25, 0.3) is 0 Å². The maximum atomic E-state index is 2.59. The fourth-order valence-corrected chi connectivity index (χ4v) is 11.0. The van der Waals surface area contributed by atoms with E-state index < -0.39 is 0 Å². The molecule has 1 heterocycles. The number of rotatable bonds is 8. The Labute approximate surface area is 397 Å². The van der Waals surface area contributed by atoms with E-state index in [0.717, 1.165) is 28.2 Å². The van der Waals surface area contributed by atoms with Crippen LogP contribution < -0.4 is 20.2 Å². The molecule has 2 nitrogen and oxygen atoms in total. The molecular weight excluding hydrogens is 821 g/mol. The molecule has 68 heavy (non-hydrogen) atoms. The Morgan fingerprint density at radius 2 is 0.912 bits per heavy atom. The molecule has 0 radical (unpaired) electrons. The number of hydrogen-bond acceptors (Lipinski definition) is 2. The van der Waals surface area contributed by atoms with Crippen molar-refractivity contribution < 1.29 is 0 Å². The first-order chi connectivity index (χ1) is 33.7. The van der Waals surface area contributed by atoms with Crippen molar-refractivity contribution in [3.05, 3.63) is 271 Å². The molecule has 0 saturated heterocycles. The van der Waals surface area contributed by atoms with Crippen LogP contribution in [-0.2, 0) is 0 Å². The van der Waals surface area contributed by atoms with E-state index in [0.29, 0.717) is 0 Å². The van der Waals surface area contributed by atoms with Gasteiger partial charge in [-0.15, -0.1) is 0 Å². The van der Waals surface area contributed by atoms with Crippen LogP contribution in [0.25, 0.3) is 78.2 Å². The average molecular weight is 867 g/mol. The van der Waals surface area contributed by atoms with Crippen molar-refractivity contribution >= 4 is 62.1 Å². The Morgan fingerprint density at radius 1 is 0.324 bits per heavy atom. The van der Waals surface area contributed by atoms with Crippen LogP contribution in [0, 0.1) is 0 Å². The normalized spacial score (nSPS) is 14.7. The summed E-state index contributed by atoms with van der Waals surface area (Å²) in [5, 5.41) is 7.55. The molecular formula is C66H46N2. The fraction of sp³-hybridized carbons (Fsp3) is 0.0303. The largest absolute Gasteiger partial charge is 0.333 e. The number of hydrogen-bond donors (Lipinski definition) is 0. The first-order valence-electron chi connectivity index (χ1n) is 23.7. The quantitative estimate of drug-likeness (QED) is 0.150. The summed E-state index contributed by atoms with van der Waals surface area (Å²) < 4.78 is 0. The van der Waals surface area contributed by atoms with Crippen LogP contribution >= 0.6 is 0 Å². The smallest absolute Gasteiger partial charge is 0.0635 e. The third-order valence-corrected chi connectivity index (χ3v) is 14.2. The SMILES string of the molecule is C1=c2ccccc2=CC2C1c1ccccc1N2c1ccc(-c2ccc(N(c3ccc(-c4ccccc4)cc3)c3cccc(-c4cccc5ccccc45)c3)c(-c3ccccc3)c2)c2ccccc12. The van der Waals surface area contributed by atoms with Crippen molar-refractivity contribution in [2.45, 2.75) is 12.0 Å². The van der Waals surface area contributed by atoms with Gasteiger partial charge in [0.15, 0.2) is 0 Å². The van der Waals surface area contributed by atoms with Crippen molar-refractivity contribution in [2.75, 3.05) is 9.80 Å². The van der Waals surface area contributed by atoms with Crippen LogP contribution in [0.5, 0.6) is 0 Å². The maximum Gasteiger partial charge on any atom is 0.0635 e. The second-order valence-electron chi connectivity index (χ2n) is 18.0. The molecule has 2 atom stereocenters. The predicted molar refractivity (Wildman–Crippen MR) is 288 cm³/mol. The highest BCUT2D eigenvalue weighted by Gasteiger charge is 2.38. The Balaban J connectivity index is 0.977. The van der Waals surface area contributed by atoms with E-state index in [1.54, 1.807) is 0 Å². The van der Waals surface area contributed by atoms with Gasteiger partial charge in [-0.25, -0.2) is 0 Å². The second kappa shape index (κ2) is 16.6. The van der Waals surface area contributed by atoms with Gasteiger partial charge in [-0.1, -0.05) is 218 Å². The Bertz CT molecular complexity index is 3810. The van der Waals surface area contributed by atoms with E-state index in [4.69, 9.17) is 0 Å². The summed E-state index contributed by atoms with van der Waals surface area (Å²) in [6, 6.07) is 93.6. The third kappa shape index (κ3) is 6.81. The molecule has 2 aliphatic rings. The molecule has 11 aromatic rings. The van der Waals surface area contributed by atoms with Crippen LogP contribution in [0.15, 0.2) is 255 Å². The minimum absolute atomic E-state index is 0.173. The first-order valence-corrected chi connectivity index (χ1v) is 23.7. The summed E-state index contributed by atoms with van der Waals surface area (Å²) >= 11 is 0. The van der Waals surface area contributed by atoms with Crippen LogP contribution in [-0.4, -0.2) is 6.04 Å². The lowest BCUT2D eigenvalue weighted by molar-refractivity contribution is 0.804. The number of nitrogens with zero attached hydrogens (tertiary/aromatic N) is 2. The lowest BCUT2D eigenvalue weighted by Gasteiger charge is -2.31. The van der Waals surface area contributed by atoms with Crippen molar-refractivity contribution in [3.8, 4) is 44.5 Å². The number of fused-ring (bicyclic) bond motifs is 6. The van der Waals surface area contributed by atoms with Gasteiger partial charge in [0.05, 0.1) is 11.7 Å². The van der Waals surface area contributed by atoms with E-state index in [9.17, 15) is 0 Å². The van der Waals surface area contributed by atoms with Gasteiger partial charge in [0.1, 0.15) is 0 Å². The lowest BCUT2D eigenvalue weighted by atomic mass is 9.89. The van der Waals surface area contributed by atoms with Crippen LogP contribution in [0.3, 0.4) is 0 Å². The van der Waals surface area contributed by atoms with Gasteiger partial charge in [-0.2, -0.15) is 0 Å². The summed E-state index contributed by atoms with van der Waals surface area (Å²) in [5.41, 5.74) is 16.6. The van der Waals surface area contributed by atoms with E-state index in [2.05, 4.69) is 277 Å². The lowest BCUT2D eigenvalue weighted by Crippen LogP contribution is -2.38. The van der Waals surface area contributed by atoms with Crippen molar-refractivity contribution in [3.63, 3.8) is 0 Å². The van der Waals surface area contributed by atoms with Gasteiger partial charge in [0, 0.05) is 39.6 Å². The summed E-state index contributed by atoms with van der Waals surface area (Å²) in [7, 11) is 0. The first kappa shape index (κ1) is 39.6. The van der Waals surface area contributed by atoms with E-state index in [1.165, 1.54) is 82.3 Å². The molecule has 1 aliphatic heterocycles. The average Bonchev–Trinajstić information content (AvgIpc) is 3.73. The van der Waals surface area contributed by atoms with Crippen molar-refractivity contribution in [1.29, 1.82) is 0 Å². The Hall–Kier alpha value is -8.72. The zero-order valence-corrected chi connectivity index (χ0v) is 37.5. The fourth-order valence-electron chi connectivity index (χ4n) is 11.0. The Kier molecular flexibility index (Phi) is 9.68. The molecule has 0 saturated carbocycles. The van der Waals surface area contributed by atoms with Gasteiger partial charge in [-0.05, 0) is 120 Å². The molecule has 0 spiro atoms. The van der Waals surface area contributed by atoms with Gasteiger partial charge in [-0.3, -0.25) is 0 Å². The number of anilines is 5. The topological polar surface area (TPSA) is 6.48 Å². The van der Waals surface area contributed by atoms with Gasteiger partial charge >= 0.3 is 0 Å². The summed E-state index contributed by atoms with van der Waals surface area (Å²) in [6.45, 7) is 0. The molecule has 0 bridgehead atoms. The molecule has 2 unspecified atom stereocenters. The summed E-state index contributed by atoms with van der Waals surface area (Å²) in [6.07, 6.45) is 4.95. The molecule has 320 valence electrons. The van der Waals surface area contributed by atoms with Crippen LogP contribution in [0.2, 0.25) is 0 Å². The van der Waals surface area contributed by atoms with E-state index >= 15 is 0 Å². The molecule has 0 aromatic heterocycles. The van der Waals surface area contributed by atoms with Crippen molar-refractivity contribution in [2.24, 2.45) is 0 Å². The zero-order valence-electron chi connectivity index (χ0n) is 37.5. The van der Waals surface area contributed by atoms with Crippen LogP contribution in [0.1, 0.15) is 11.5 Å². The predicted octanol–water partition coefficient (Wildman–Crippen LogP) is 16.0. The number of para-hydroxylation sites is 1. The maximum absolute atomic E-state index is 2.59. The molecule has 1 aliphatic carbocycles. The standard InChI is InChI=1S/C66H46N2/c1-3-17-45(18-4-1)46-33-36-53(37-34-46)67(54-26-15-25-51(41-54)56-31-16-24-47-21-9-10-27-55(47)56)65-39-35-52(43-61(65)48-19-5-2-6-20-48)57-38-40-64(59-29-12-11-28-58(57)59)68-63-32-14-13-30-60(63)62-42-49-22-7-8-23-50(49)44-66(62)68/h1-44,62,66H. The van der Waals surface area contributed by atoms with E-state index in [-0.39, 0.29) is 12.0 Å². The minimum atomic E-state index is 0.173. The molecule has 0 amide bonds. The molecule has 2 heteroatoms. The van der Waals surface area contributed by atoms with Crippen LogP contribution in [0.4, 0.5) is 28.4 Å². The summed E-state index contributed by atoms with van der Waals surface area (Å²) in [5.74, 6) is 0.269.